The van der Waals surface area contributed by atoms with Crippen LogP contribution in [0.15, 0.2) is 82.3 Å². The van der Waals surface area contributed by atoms with E-state index >= 15 is 0 Å². The third-order valence-electron chi connectivity index (χ3n) is 4.83. The molecule has 0 saturated carbocycles. The number of hydrogen-bond acceptors (Lipinski definition) is 3. The molecule has 0 aromatic heterocycles. The molecular weight excluding hydrogens is 490 g/mol. The number of primary amides is 1. The first-order chi connectivity index (χ1) is 15.3. The summed E-state index contributed by atoms with van der Waals surface area (Å²) in [7, 11) is 0. The molecular formula is C25H23BrClN3O2. The number of carbonyl (C=O) groups is 2. The largest absolute Gasteiger partial charge is 0.366 e. The molecule has 2 N–H and O–H groups in total. The maximum Gasteiger partial charge on any atom is 0.248 e. The first-order valence-electron chi connectivity index (χ1n) is 10.1. The zero-order valence-electron chi connectivity index (χ0n) is 17.8. The van der Waals surface area contributed by atoms with E-state index in [9.17, 15) is 9.59 Å². The van der Waals surface area contributed by atoms with Crippen molar-refractivity contribution >= 4 is 50.7 Å². The highest BCUT2D eigenvalue weighted by atomic mass is 79.9. The first kappa shape index (κ1) is 23.7. The molecule has 0 unspecified atom stereocenters. The Kier molecular flexibility index (Phi) is 7.83. The number of fused-ring (bicyclic) bond motifs is 1. The molecule has 1 aliphatic rings. The Labute approximate surface area is 201 Å². The molecule has 1 aliphatic heterocycles. The molecule has 5 nitrogen and oxygen atoms in total. The second kappa shape index (κ2) is 10.6. The van der Waals surface area contributed by atoms with Gasteiger partial charge >= 0.3 is 0 Å². The van der Waals surface area contributed by atoms with E-state index in [4.69, 9.17) is 17.3 Å². The molecule has 0 atom stereocenters. The summed E-state index contributed by atoms with van der Waals surface area (Å²) in [6, 6.07) is 22.9. The number of benzodiazepines with no additional fused rings is 1. The fourth-order valence-corrected chi connectivity index (χ4v) is 3.88. The minimum absolute atomic E-state index is 0.0448. The van der Waals surface area contributed by atoms with Gasteiger partial charge < -0.3 is 10.6 Å². The fraction of sp³-hybridized carbons (Fsp3) is 0.160. The Morgan fingerprint density at radius 2 is 1.72 bits per heavy atom. The van der Waals surface area contributed by atoms with Crippen molar-refractivity contribution in [3.8, 4) is 0 Å². The number of para-hydroxylation sites is 1. The SMILES string of the molecule is CC(C)N1C(=O)CN=C(c2ccccc2)c2ccccc21.NC(=O)c1ccc(Cl)c(Br)c1. The monoisotopic (exact) mass is 511 g/mol. The Morgan fingerprint density at radius 3 is 2.34 bits per heavy atom. The summed E-state index contributed by atoms with van der Waals surface area (Å²) in [6.07, 6.45) is 0. The molecule has 0 fully saturated rings. The summed E-state index contributed by atoms with van der Waals surface area (Å²) >= 11 is 8.86. The lowest BCUT2D eigenvalue weighted by atomic mass is 10.00. The van der Waals surface area contributed by atoms with Gasteiger partial charge in [-0.3, -0.25) is 14.6 Å². The van der Waals surface area contributed by atoms with Gasteiger partial charge in [0, 0.05) is 27.2 Å². The van der Waals surface area contributed by atoms with Gasteiger partial charge in [0.1, 0.15) is 6.54 Å². The van der Waals surface area contributed by atoms with E-state index in [1.807, 2.05) is 73.3 Å². The van der Waals surface area contributed by atoms with Gasteiger partial charge in [-0.1, -0.05) is 60.1 Å². The summed E-state index contributed by atoms with van der Waals surface area (Å²) in [6.45, 7) is 4.25. The third-order valence-corrected chi connectivity index (χ3v) is 6.04. The van der Waals surface area contributed by atoms with Gasteiger partial charge in [-0.2, -0.15) is 0 Å². The van der Waals surface area contributed by atoms with Crippen molar-refractivity contribution in [3.63, 3.8) is 0 Å². The minimum atomic E-state index is -0.456. The Morgan fingerprint density at radius 1 is 1.06 bits per heavy atom. The molecule has 32 heavy (non-hydrogen) atoms. The first-order valence-corrected chi connectivity index (χ1v) is 11.2. The maximum atomic E-state index is 12.4. The predicted molar refractivity (Wildman–Crippen MR) is 134 cm³/mol. The summed E-state index contributed by atoms with van der Waals surface area (Å²) in [5, 5.41) is 0.565. The van der Waals surface area contributed by atoms with Gasteiger partial charge in [-0.05, 0) is 54.0 Å². The van der Waals surface area contributed by atoms with Crippen LogP contribution >= 0.6 is 27.5 Å². The number of amides is 2. The number of rotatable bonds is 3. The Balaban J connectivity index is 0.000000222. The van der Waals surface area contributed by atoms with Gasteiger partial charge in [0.05, 0.1) is 16.4 Å². The summed E-state index contributed by atoms with van der Waals surface area (Å²) in [5.74, 6) is -0.411. The average Bonchev–Trinajstić information content (AvgIpc) is 2.92. The van der Waals surface area contributed by atoms with Gasteiger partial charge in [0.15, 0.2) is 0 Å². The van der Waals surface area contributed by atoms with Crippen LogP contribution in [0.2, 0.25) is 5.02 Å². The van der Waals surface area contributed by atoms with Crippen LogP contribution in [0.4, 0.5) is 5.69 Å². The van der Waals surface area contributed by atoms with Crippen LogP contribution in [0, 0.1) is 0 Å². The van der Waals surface area contributed by atoms with Crippen LogP contribution in [-0.4, -0.2) is 30.1 Å². The Bertz CT molecular complexity index is 1160. The average molecular weight is 513 g/mol. The number of carbonyl (C=O) groups excluding carboxylic acids is 2. The van der Waals surface area contributed by atoms with Gasteiger partial charge in [-0.25, -0.2) is 0 Å². The zero-order valence-corrected chi connectivity index (χ0v) is 20.1. The molecule has 164 valence electrons. The van der Waals surface area contributed by atoms with Crippen LogP contribution in [-0.2, 0) is 4.79 Å². The van der Waals surface area contributed by atoms with E-state index in [1.165, 1.54) is 0 Å². The van der Waals surface area contributed by atoms with Crippen molar-refractivity contribution in [3.05, 3.63) is 99.0 Å². The number of aliphatic imine (C=N–C) groups is 1. The van der Waals surface area contributed by atoms with E-state index in [1.54, 1.807) is 18.2 Å². The van der Waals surface area contributed by atoms with Crippen LogP contribution in [0.3, 0.4) is 0 Å². The standard InChI is InChI=1S/C18H18N2O.C7H5BrClNO/c1-13(2)20-16-11-7-6-10-15(16)18(19-12-17(20)21)14-8-4-3-5-9-14;8-5-3-4(7(10)11)1-2-6(5)9/h3-11,13H,12H2,1-2H3;1-3H,(H2,10,11). The summed E-state index contributed by atoms with van der Waals surface area (Å²) in [4.78, 5) is 29.5. The van der Waals surface area contributed by atoms with Gasteiger partial charge in [0.2, 0.25) is 11.8 Å². The van der Waals surface area contributed by atoms with Crippen molar-refractivity contribution in [1.29, 1.82) is 0 Å². The normalized spacial score (nSPS) is 13.0. The Hall–Kier alpha value is -2.96. The summed E-state index contributed by atoms with van der Waals surface area (Å²) < 4.78 is 0.676. The fourth-order valence-electron chi connectivity index (χ4n) is 3.38. The molecule has 3 aromatic rings. The number of halogens is 2. The zero-order chi connectivity index (χ0) is 23.3. The van der Waals surface area contributed by atoms with Crippen LogP contribution in [0.25, 0.3) is 0 Å². The molecule has 0 spiro atoms. The van der Waals surface area contributed by atoms with Crippen molar-refractivity contribution in [2.24, 2.45) is 10.7 Å². The second-order valence-electron chi connectivity index (χ2n) is 7.40. The molecule has 1 heterocycles. The highest BCUT2D eigenvalue weighted by Crippen LogP contribution is 2.28. The molecule has 4 rings (SSSR count). The molecule has 0 saturated heterocycles. The van der Waals surface area contributed by atoms with Crippen molar-refractivity contribution in [2.75, 3.05) is 11.4 Å². The lowest BCUT2D eigenvalue weighted by Crippen LogP contribution is -2.38. The third kappa shape index (κ3) is 5.44. The van der Waals surface area contributed by atoms with Crippen molar-refractivity contribution in [2.45, 2.75) is 19.9 Å². The molecule has 0 radical (unpaired) electrons. The quantitative estimate of drug-likeness (QED) is 0.504. The highest BCUT2D eigenvalue weighted by Gasteiger charge is 2.26. The highest BCUT2D eigenvalue weighted by molar-refractivity contribution is 9.10. The van der Waals surface area contributed by atoms with Crippen LogP contribution in [0.1, 0.15) is 35.3 Å². The molecule has 0 aliphatic carbocycles. The van der Waals surface area contributed by atoms with E-state index in [-0.39, 0.29) is 18.5 Å². The van der Waals surface area contributed by atoms with Crippen molar-refractivity contribution in [1.82, 2.24) is 0 Å². The second-order valence-corrected chi connectivity index (χ2v) is 8.66. The van der Waals surface area contributed by atoms with Crippen LogP contribution < -0.4 is 10.6 Å². The topological polar surface area (TPSA) is 75.8 Å². The molecule has 2 amide bonds. The van der Waals surface area contributed by atoms with E-state index < -0.39 is 5.91 Å². The maximum absolute atomic E-state index is 12.4. The van der Waals surface area contributed by atoms with Crippen LogP contribution in [0.5, 0.6) is 0 Å². The molecule has 0 bridgehead atoms. The number of benzene rings is 3. The molecule has 3 aromatic carbocycles. The predicted octanol–water partition coefficient (Wildman–Crippen LogP) is 5.48. The minimum Gasteiger partial charge on any atom is -0.366 e. The summed E-state index contributed by atoms with van der Waals surface area (Å²) in [5.41, 5.74) is 9.37. The smallest absolute Gasteiger partial charge is 0.248 e. The van der Waals surface area contributed by atoms with E-state index in [0.717, 1.165) is 22.5 Å². The number of nitrogens with two attached hydrogens (primary N) is 1. The molecule has 7 heteroatoms. The van der Waals surface area contributed by atoms with Crippen molar-refractivity contribution < 1.29 is 9.59 Å². The van der Waals surface area contributed by atoms with Gasteiger partial charge in [-0.15, -0.1) is 0 Å². The lowest BCUT2D eigenvalue weighted by Gasteiger charge is -2.26. The number of anilines is 1. The lowest BCUT2D eigenvalue weighted by molar-refractivity contribution is -0.117. The van der Waals surface area contributed by atoms with Gasteiger partial charge in [0.25, 0.3) is 0 Å². The number of nitrogens with zero attached hydrogens (tertiary/aromatic N) is 2. The number of hydrogen-bond donors (Lipinski definition) is 1. The van der Waals surface area contributed by atoms with E-state index in [2.05, 4.69) is 20.9 Å². The van der Waals surface area contributed by atoms with E-state index in [0.29, 0.717) is 15.1 Å².